The molecule has 1 aliphatic heterocycles. The Hall–Kier alpha value is -0.140. The van der Waals surface area contributed by atoms with Crippen LogP contribution in [0.4, 0.5) is 0 Å². The summed E-state index contributed by atoms with van der Waals surface area (Å²) in [4.78, 5) is 0. The second-order valence-electron chi connectivity index (χ2n) is 11.9. The summed E-state index contributed by atoms with van der Waals surface area (Å²) < 4.78 is 35.0. The number of ether oxygens (including phenoxy) is 2. The van der Waals surface area contributed by atoms with Crippen LogP contribution in [0.5, 0.6) is 0 Å². The molecule has 0 aromatic heterocycles. The van der Waals surface area contributed by atoms with Crippen molar-refractivity contribution in [2.75, 3.05) is 54.1 Å². The van der Waals surface area contributed by atoms with Crippen LogP contribution in [0, 0.1) is 0 Å². The maximum absolute atomic E-state index is 12.1. The quantitative estimate of drug-likeness (QED) is 0.0520. The third kappa shape index (κ3) is 18.7. The maximum Gasteiger partial charge on any atom is 0.700 e. The fourth-order valence-electron chi connectivity index (χ4n) is 4.69. The van der Waals surface area contributed by atoms with Gasteiger partial charge in [0.2, 0.25) is 6.29 Å². The molecule has 0 saturated carbocycles. The number of nitrogens with zero attached hydrogens (tertiary/aromatic N) is 1. The van der Waals surface area contributed by atoms with Gasteiger partial charge in [-0.25, -0.2) is 0 Å². The SMILES string of the molecule is CCCCCCCCCCCCCCCCCCOCC1(C(O)O[P+](=O)OCC[N+](C)(C)C)CCCO1. The van der Waals surface area contributed by atoms with E-state index in [2.05, 4.69) is 6.92 Å². The molecule has 220 valence electrons. The molecule has 0 aromatic carbocycles. The van der Waals surface area contributed by atoms with Crippen LogP contribution in [0.15, 0.2) is 0 Å². The first-order chi connectivity index (χ1) is 17.8. The van der Waals surface area contributed by atoms with Crippen LogP contribution >= 0.6 is 8.25 Å². The van der Waals surface area contributed by atoms with E-state index >= 15 is 0 Å². The van der Waals surface area contributed by atoms with E-state index in [1.807, 2.05) is 21.1 Å². The van der Waals surface area contributed by atoms with Gasteiger partial charge >= 0.3 is 8.25 Å². The van der Waals surface area contributed by atoms with Gasteiger partial charge < -0.3 is 19.1 Å². The fourth-order valence-corrected chi connectivity index (χ4v) is 5.34. The summed E-state index contributed by atoms with van der Waals surface area (Å²) in [6.07, 6.45) is 21.6. The van der Waals surface area contributed by atoms with Crippen molar-refractivity contribution in [2.24, 2.45) is 0 Å². The highest BCUT2D eigenvalue weighted by Gasteiger charge is 2.48. The van der Waals surface area contributed by atoms with Crippen molar-refractivity contribution in [3.05, 3.63) is 0 Å². The van der Waals surface area contributed by atoms with Crippen LogP contribution in [-0.4, -0.2) is 75.6 Å². The molecule has 0 aliphatic carbocycles. The third-order valence-corrected chi connectivity index (χ3v) is 7.98. The Morgan fingerprint density at radius 1 is 0.838 bits per heavy atom. The number of hydrogen-bond donors (Lipinski definition) is 1. The summed E-state index contributed by atoms with van der Waals surface area (Å²) in [5.74, 6) is 0. The highest BCUT2D eigenvalue weighted by Crippen LogP contribution is 2.36. The Morgan fingerprint density at radius 2 is 1.35 bits per heavy atom. The predicted octanol–water partition coefficient (Wildman–Crippen LogP) is 7.53. The van der Waals surface area contributed by atoms with Crippen molar-refractivity contribution in [1.29, 1.82) is 0 Å². The minimum atomic E-state index is -2.41. The maximum atomic E-state index is 12.1. The van der Waals surface area contributed by atoms with Gasteiger partial charge in [-0.05, 0) is 19.3 Å². The number of rotatable bonds is 26. The number of aliphatic hydroxyl groups is 1. The van der Waals surface area contributed by atoms with Crippen molar-refractivity contribution in [3.63, 3.8) is 0 Å². The molecule has 0 aromatic rings. The Balaban J connectivity index is 2.00. The van der Waals surface area contributed by atoms with E-state index in [0.717, 1.165) is 19.3 Å². The van der Waals surface area contributed by atoms with E-state index in [9.17, 15) is 9.67 Å². The molecule has 0 amide bonds. The summed E-state index contributed by atoms with van der Waals surface area (Å²) >= 11 is 0. The summed E-state index contributed by atoms with van der Waals surface area (Å²) in [5.41, 5.74) is -0.955. The van der Waals surface area contributed by atoms with E-state index in [0.29, 0.717) is 37.3 Å². The Labute approximate surface area is 229 Å². The molecule has 7 nitrogen and oxygen atoms in total. The largest absolute Gasteiger partial charge is 0.700 e. The van der Waals surface area contributed by atoms with E-state index in [4.69, 9.17) is 18.5 Å². The minimum absolute atomic E-state index is 0.245. The third-order valence-electron chi connectivity index (χ3n) is 7.22. The molecule has 0 radical (unpaired) electrons. The van der Waals surface area contributed by atoms with Gasteiger partial charge in [0.25, 0.3) is 0 Å². The predicted molar refractivity (Wildman–Crippen MR) is 152 cm³/mol. The molecule has 1 aliphatic rings. The normalized spacial score (nSPS) is 19.4. The van der Waals surface area contributed by atoms with E-state index < -0.39 is 20.1 Å². The average molecular weight is 550 g/mol. The second kappa shape index (κ2) is 21.7. The molecule has 37 heavy (non-hydrogen) atoms. The topological polar surface area (TPSA) is 74.2 Å². The molecule has 1 fully saturated rings. The van der Waals surface area contributed by atoms with Crippen LogP contribution < -0.4 is 0 Å². The second-order valence-corrected chi connectivity index (χ2v) is 12.8. The summed E-state index contributed by atoms with van der Waals surface area (Å²) in [7, 11) is 3.69. The molecule has 1 saturated heterocycles. The van der Waals surface area contributed by atoms with Crippen LogP contribution in [-0.2, 0) is 23.1 Å². The van der Waals surface area contributed by atoms with Crippen LogP contribution in [0.3, 0.4) is 0 Å². The standard InChI is InChI=1S/C29H60NO6P/c1-5-6-7-8-9-10-11-12-13-14-15-16-17-18-19-20-24-33-27-29(22-21-25-34-29)28(31)36-37(32)35-26-23-30(2,3)4/h28,31H,5-27H2,1-4H3/q+2. The zero-order chi connectivity index (χ0) is 27.2. The number of likely N-dealkylation sites (N-methyl/N-ethyl adjacent to an activating group) is 1. The zero-order valence-corrected chi connectivity index (χ0v) is 25.6. The smallest absolute Gasteiger partial charge is 0.378 e. The Kier molecular flexibility index (Phi) is 20.4. The van der Waals surface area contributed by atoms with Gasteiger partial charge in [0, 0.05) is 17.8 Å². The fraction of sp³-hybridized carbons (Fsp3) is 1.00. The first-order valence-electron chi connectivity index (χ1n) is 15.3. The lowest BCUT2D eigenvalue weighted by atomic mass is 10.0. The van der Waals surface area contributed by atoms with E-state index in [1.165, 1.54) is 89.9 Å². The highest BCUT2D eigenvalue weighted by atomic mass is 31.1. The average Bonchev–Trinajstić information content (AvgIpc) is 3.32. The highest BCUT2D eigenvalue weighted by molar-refractivity contribution is 7.33. The molecule has 3 atom stereocenters. The molecule has 8 heteroatoms. The van der Waals surface area contributed by atoms with E-state index in [-0.39, 0.29) is 6.61 Å². The first kappa shape index (κ1) is 34.9. The number of unbranched alkanes of at least 4 members (excludes halogenated alkanes) is 15. The monoisotopic (exact) mass is 549 g/mol. The molecular weight excluding hydrogens is 489 g/mol. The minimum Gasteiger partial charge on any atom is -0.378 e. The van der Waals surface area contributed by atoms with Gasteiger partial charge in [0.15, 0.2) is 6.61 Å². The molecule has 1 N–H and O–H groups in total. The zero-order valence-electron chi connectivity index (χ0n) is 24.7. The summed E-state index contributed by atoms with van der Waals surface area (Å²) in [6.45, 7) is 4.71. The lowest BCUT2D eigenvalue weighted by molar-refractivity contribution is -0.870. The van der Waals surface area contributed by atoms with Crippen molar-refractivity contribution < 1.29 is 32.7 Å². The van der Waals surface area contributed by atoms with Crippen molar-refractivity contribution in [2.45, 2.75) is 134 Å². The molecule has 1 rings (SSSR count). The lowest BCUT2D eigenvalue weighted by Gasteiger charge is -2.29. The van der Waals surface area contributed by atoms with Crippen molar-refractivity contribution in [1.82, 2.24) is 0 Å². The summed E-state index contributed by atoms with van der Waals surface area (Å²) in [6, 6.07) is 0. The lowest BCUT2D eigenvalue weighted by Crippen LogP contribution is -2.46. The van der Waals surface area contributed by atoms with E-state index in [1.54, 1.807) is 0 Å². The van der Waals surface area contributed by atoms with Crippen LogP contribution in [0.2, 0.25) is 0 Å². The van der Waals surface area contributed by atoms with Crippen LogP contribution in [0.25, 0.3) is 0 Å². The molecule has 1 heterocycles. The summed E-state index contributed by atoms with van der Waals surface area (Å²) in [5, 5.41) is 10.6. The van der Waals surface area contributed by atoms with Gasteiger partial charge in [-0.2, -0.15) is 0 Å². The van der Waals surface area contributed by atoms with Crippen LogP contribution in [0.1, 0.15) is 122 Å². The van der Waals surface area contributed by atoms with Gasteiger partial charge in [0.1, 0.15) is 12.1 Å². The van der Waals surface area contributed by atoms with Crippen molar-refractivity contribution in [3.8, 4) is 0 Å². The number of quaternary nitrogens is 1. The Morgan fingerprint density at radius 3 is 1.81 bits per heavy atom. The van der Waals surface area contributed by atoms with Gasteiger partial charge in [-0.15, -0.1) is 4.52 Å². The molecule has 3 unspecified atom stereocenters. The number of hydrogen-bond acceptors (Lipinski definition) is 6. The molecule has 0 spiro atoms. The number of aliphatic hydroxyl groups excluding tert-OH is 1. The first-order valence-corrected chi connectivity index (χ1v) is 16.4. The molecular formula is C29H60NO6P+2. The Bertz CT molecular complexity index is 551. The van der Waals surface area contributed by atoms with Gasteiger partial charge in [-0.1, -0.05) is 108 Å². The van der Waals surface area contributed by atoms with Gasteiger partial charge in [0.05, 0.1) is 27.7 Å². The van der Waals surface area contributed by atoms with Gasteiger partial charge in [-0.3, -0.25) is 0 Å². The molecule has 0 bridgehead atoms. The van der Waals surface area contributed by atoms with Crippen molar-refractivity contribution >= 4 is 8.25 Å².